The standard InChI is InChI=1S/C27H21N3O11/c31-24(14-40-26(34)15-9-16(29(36)37)11-17(10-15)30(38)39)23(12-25(32)33)28-27(35)41-13-22-20-7-3-1-5-18(20)19-6-2-4-8-21(19)22/h1-11,22-23H,12-14H2,(H,28,35)(H,32,33)/t23-/m0/s1. The SMILES string of the molecule is O=C(O)C[C@H](NC(=O)OCC1c2ccccc2-c2ccccc21)C(=O)COC(=O)c1cc([N+](=O)[O-])cc([N+](=O)[O-])c1. The third-order valence-corrected chi connectivity index (χ3v) is 6.31. The number of Topliss-reactive ketones (excluding diaryl/α,β-unsaturated/α-hetero) is 1. The summed E-state index contributed by atoms with van der Waals surface area (Å²) in [5.74, 6) is -4.06. The molecule has 1 atom stereocenters. The molecule has 41 heavy (non-hydrogen) atoms. The third-order valence-electron chi connectivity index (χ3n) is 6.31. The topological polar surface area (TPSA) is 205 Å². The molecule has 0 spiro atoms. The first-order valence-electron chi connectivity index (χ1n) is 12.0. The number of ether oxygens (including phenoxy) is 2. The molecule has 14 nitrogen and oxygen atoms in total. The van der Waals surface area contributed by atoms with Gasteiger partial charge in [0.1, 0.15) is 12.6 Å². The third kappa shape index (κ3) is 6.50. The first kappa shape index (κ1) is 28.4. The molecule has 2 N–H and O–H groups in total. The first-order valence-corrected chi connectivity index (χ1v) is 12.0. The fourth-order valence-corrected chi connectivity index (χ4v) is 4.45. The number of hydrogen-bond donors (Lipinski definition) is 2. The Balaban J connectivity index is 1.40. The van der Waals surface area contributed by atoms with Crippen LogP contribution in [0.2, 0.25) is 0 Å². The molecule has 0 aliphatic heterocycles. The molecular formula is C27H21N3O11. The summed E-state index contributed by atoms with van der Waals surface area (Å²) in [5, 5.41) is 33.5. The molecule has 0 radical (unpaired) electrons. The highest BCUT2D eigenvalue weighted by atomic mass is 16.6. The number of carboxylic acids is 1. The van der Waals surface area contributed by atoms with E-state index in [0.717, 1.165) is 34.4 Å². The van der Waals surface area contributed by atoms with E-state index < -0.39 is 69.7 Å². The molecule has 14 heteroatoms. The summed E-state index contributed by atoms with van der Waals surface area (Å²) in [7, 11) is 0. The average Bonchev–Trinajstić information content (AvgIpc) is 3.27. The minimum atomic E-state index is -1.64. The second-order valence-corrected chi connectivity index (χ2v) is 8.92. The van der Waals surface area contributed by atoms with E-state index in [4.69, 9.17) is 9.47 Å². The smallest absolute Gasteiger partial charge is 0.407 e. The number of aliphatic carboxylic acids is 1. The normalized spacial score (nSPS) is 12.4. The van der Waals surface area contributed by atoms with Crippen LogP contribution in [0, 0.1) is 20.2 Å². The average molecular weight is 563 g/mol. The molecule has 0 aromatic heterocycles. The summed E-state index contributed by atoms with van der Waals surface area (Å²) in [6, 6.07) is 15.6. The quantitative estimate of drug-likeness (QED) is 0.196. The van der Waals surface area contributed by atoms with E-state index in [1.807, 2.05) is 48.5 Å². The van der Waals surface area contributed by atoms with Gasteiger partial charge in [-0.2, -0.15) is 0 Å². The maximum Gasteiger partial charge on any atom is 0.407 e. The Bertz CT molecular complexity index is 1490. The van der Waals surface area contributed by atoms with Gasteiger partial charge in [-0.1, -0.05) is 48.5 Å². The van der Waals surface area contributed by atoms with Gasteiger partial charge in [-0.3, -0.25) is 29.8 Å². The highest BCUT2D eigenvalue weighted by Crippen LogP contribution is 2.44. The summed E-state index contributed by atoms with van der Waals surface area (Å²) in [5.41, 5.74) is 1.79. The maximum atomic E-state index is 12.7. The van der Waals surface area contributed by atoms with Crippen molar-refractivity contribution in [2.24, 2.45) is 0 Å². The highest BCUT2D eigenvalue weighted by molar-refractivity contribution is 5.96. The summed E-state index contributed by atoms with van der Waals surface area (Å²) in [4.78, 5) is 69.1. The van der Waals surface area contributed by atoms with Crippen molar-refractivity contribution >= 4 is 35.2 Å². The van der Waals surface area contributed by atoms with Crippen molar-refractivity contribution in [3.63, 3.8) is 0 Å². The van der Waals surface area contributed by atoms with E-state index in [-0.39, 0.29) is 12.5 Å². The van der Waals surface area contributed by atoms with Crippen LogP contribution >= 0.6 is 0 Å². The van der Waals surface area contributed by atoms with Gasteiger partial charge in [0.15, 0.2) is 12.4 Å². The first-order chi connectivity index (χ1) is 19.5. The van der Waals surface area contributed by atoms with Gasteiger partial charge in [-0.05, 0) is 22.3 Å². The maximum absolute atomic E-state index is 12.7. The zero-order valence-corrected chi connectivity index (χ0v) is 21.1. The Labute approximate surface area is 230 Å². The number of carbonyl (C=O) groups is 4. The molecule has 3 aromatic rings. The predicted molar refractivity (Wildman–Crippen MR) is 139 cm³/mol. The largest absolute Gasteiger partial charge is 0.481 e. The number of amides is 1. The molecule has 0 bridgehead atoms. The minimum Gasteiger partial charge on any atom is -0.481 e. The molecule has 1 aliphatic rings. The lowest BCUT2D eigenvalue weighted by Gasteiger charge is -2.18. The van der Waals surface area contributed by atoms with Gasteiger partial charge in [-0.25, -0.2) is 9.59 Å². The van der Waals surface area contributed by atoms with Crippen molar-refractivity contribution in [3.05, 3.63) is 104 Å². The molecule has 0 saturated heterocycles. The van der Waals surface area contributed by atoms with Crippen LogP contribution in [0.1, 0.15) is 33.8 Å². The van der Waals surface area contributed by atoms with E-state index in [2.05, 4.69) is 5.32 Å². The Kier molecular flexibility index (Phi) is 8.32. The molecule has 1 aliphatic carbocycles. The molecule has 0 fully saturated rings. The van der Waals surface area contributed by atoms with Crippen LogP contribution in [-0.2, 0) is 19.1 Å². The lowest BCUT2D eigenvalue weighted by Crippen LogP contribution is -2.44. The predicted octanol–water partition coefficient (Wildman–Crippen LogP) is 3.61. The van der Waals surface area contributed by atoms with Crippen molar-refractivity contribution in [1.29, 1.82) is 0 Å². The van der Waals surface area contributed by atoms with Crippen molar-refractivity contribution in [2.45, 2.75) is 18.4 Å². The van der Waals surface area contributed by atoms with Crippen LogP contribution in [0.3, 0.4) is 0 Å². The molecular weight excluding hydrogens is 542 g/mol. The second kappa shape index (κ2) is 12.0. The number of nitro benzene ring substituents is 2. The van der Waals surface area contributed by atoms with Crippen LogP contribution in [0.25, 0.3) is 11.1 Å². The van der Waals surface area contributed by atoms with Crippen LogP contribution in [-0.4, -0.2) is 58.0 Å². The van der Waals surface area contributed by atoms with Gasteiger partial charge in [0.05, 0.1) is 27.9 Å². The fourth-order valence-electron chi connectivity index (χ4n) is 4.45. The molecule has 1 amide bonds. The van der Waals surface area contributed by atoms with Crippen molar-refractivity contribution in [2.75, 3.05) is 13.2 Å². The number of rotatable bonds is 11. The molecule has 4 rings (SSSR count). The number of carboxylic acid groups (broad SMARTS) is 1. The van der Waals surface area contributed by atoms with Crippen molar-refractivity contribution < 1.29 is 43.6 Å². The summed E-state index contributed by atoms with van der Waals surface area (Å²) in [6.07, 6.45) is -1.94. The number of nitrogens with one attached hydrogen (secondary N) is 1. The number of non-ortho nitro benzene ring substituents is 2. The van der Waals surface area contributed by atoms with Gasteiger partial charge >= 0.3 is 18.0 Å². The zero-order valence-electron chi connectivity index (χ0n) is 21.1. The molecule has 3 aromatic carbocycles. The summed E-state index contributed by atoms with van der Waals surface area (Å²) >= 11 is 0. The lowest BCUT2D eigenvalue weighted by molar-refractivity contribution is -0.394. The Morgan fingerprint density at radius 2 is 1.39 bits per heavy atom. The van der Waals surface area contributed by atoms with Gasteiger partial charge in [0.25, 0.3) is 11.4 Å². The molecule has 0 saturated carbocycles. The molecule has 210 valence electrons. The Morgan fingerprint density at radius 3 is 1.90 bits per heavy atom. The number of carbonyl (C=O) groups excluding carboxylic acids is 3. The fraction of sp³-hybridized carbons (Fsp3) is 0.185. The van der Waals surface area contributed by atoms with Gasteiger partial charge < -0.3 is 19.9 Å². The van der Waals surface area contributed by atoms with Crippen LogP contribution in [0.5, 0.6) is 0 Å². The summed E-state index contributed by atoms with van der Waals surface area (Å²) in [6.45, 7) is -1.13. The Hall–Kier alpha value is -5.66. The van der Waals surface area contributed by atoms with E-state index >= 15 is 0 Å². The highest BCUT2D eigenvalue weighted by Gasteiger charge is 2.31. The number of hydrogen-bond acceptors (Lipinski definition) is 10. The van der Waals surface area contributed by atoms with E-state index in [1.54, 1.807) is 0 Å². The van der Waals surface area contributed by atoms with Gasteiger partial charge in [-0.15, -0.1) is 0 Å². The Morgan fingerprint density at radius 1 is 0.854 bits per heavy atom. The van der Waals surface area contributed by atoms with Gasteiger partial charge in [0, 0.05) is 18.1 Å². The zero-order chi connectivity index (χ0) is 29.7. The van der Waals surface area contributed by atoms with Gasteiger partial charge in [0.2, 0.25) is 0 Å². The molecule has 0 unspecified atom stereocenters. The van der Waals surface area contributed by atoms with Crippen LogP contribution in [0.15, 0.2) is 66.7 Å². The molecule has 0 heterocycles. The van der Waals surface area contributed by atoms with Crippen LogP contribution < -0.4 is 5.32 Å². The number of alkyl carbamates (subject to hydrolysis) is 1. The minimum absolute atomic E-state index is 0.103. The second-order valence-electron chi connectivity index (χ2n) is 8.92. The number of esters is 1. The summed E-state index contributed by atoms with van der Waals surface area (Å²) < 4.78 is 10.1. The number of nitrogens with zero attached hydrogens (tertiary/aromatic N) is 2. The van der Waals surface area contributed by atoms with E-state index in [0.29, 0.717) is 6.07 Å². The number of nitro groups is 2. The monoisotopic (exact) mass is 563 g/mol. The number of benzene rings is 3. The number of ketones is 1. The van der Waals surface area contributed by atoms with Crippen molar-refractivity contribution in [1.82, 2.24) is 5.32 Å². The van der Waals surface area contributed by atoms with Crippen LogP contribution in [0.4, 0.5) is 16.2 Å². The number of fused-ring (bicyclic) bond motifs is 3. The van der Waals surface area contributed by atoms with E-state index in [9.17, 15) is 44.5 Å². The van der Waals surface area contributed by atoms with E-state index in [1.165, 1.54) is 0 Å². The lowest BCUT2D eigenvalue weighted by atomic mass is 9.98. The van der Waals surface area contributed by atoms with Crippen molar-refractivity contribution in [3.8, 4) is 11.1 Å².